The van der Waals surface area contributed by atoms with Gasteiger partial charge in [0.2, 0.25) is 10.0 Å². The van der Waals surface area contributed by atoms with Crippen LogP contribution >= 0.6 is 0 Å². The molecule has 12 heteroatoms. The third-order valence-electron chi connectivity index (χ3n) is 7.95. The normalized spacial score (nSPS) is 16.3. The lowest BCUT2D eigenvalue weighted by Crippen LogP contribution is -2.49. The summed E-state index contributed by atoms with van der Waals surface area (Å²) in [6, 6.07) is 16.1. The Bertz CT molecular complexity index is 1640. The van der Waals surface area contributed by atoms with Gasteiger partial charge in [-0.2, -0.15) is 5.26 Å². The summed E-state index contributed by atoms with van der Waals surface area (Å²) >= 11 is 0. The van der Waals surface area contributed by atoms with Crippen molar-refractivity contribution in [3.05, 3.63) is 76.7 Å². The zero-order chi connectivity index (χ0) is 30.0. The number of carbonyl (C=O) groups is 1. The van der Waals surface area contributed by atoms with Crippen LogP contribution in [-0.4, -0.2) is 69.5 Å². The zero-order valence-electron chi connectivity index (χ0n) is 23.7. The number of nitrogens with two attached hydrogens (primary N) is 1. The van der Waals surface area contributed by atoms with Crippen LogP contribution in [0.4, 0.5) is 21.6 Å². The number of pyridine rings is 1. The highest BCUT2D eigenvalue weighted by molar-refractivity contribution is 7.89. The van der Waals surface area contributed by atoms with Crippen LogP contribution in [-0.2, 0) is 10.0 Å². The van der Waals surface area contributed by atoms with E-state index in [1.807, 2.05) is 44.2 Å². The van der Waals surface area contributed by atoms with E-state index >= 15 is 0 Å². The number of hydrogen-bond acceptors (Lipinski definition) is 8. The molecule has 0 unspecified atom stereocenters. The number of anilines is 3. The highest BCUT2D eigenvalue weighted by atomic mass is 32.2. The molecule has 42 heavy (non-hydrogen) atoms. The standard InChI is InChI=1S/C30H34FN7O3S/c1-20-18-21(2)29(34-23-10-12-36(13-11-23)25-8-4-3-6-22(25)19-32)35-27(20)30(39)38-16-14-37(15-17-38)26-9-5-7-24(31)28(26)42(33,40)41/h3-9,18,23H,10-17H2,1-2H3,(H,34,35)(H2,33,40,41). The number of nitrogens with zero attached hydrogens (tertiary/aromatic N) is 5. The maximum absolute atomic E-state index is 14.4. The number of nitriles is 1. The fraction of sp³-hybridized carbons (Fsp3) is 0.367. The van der Waals surface area contributed by atoms with Gasteiger partial charge < -0.3 is 20.0 Å². The fourth-order valence-electron chi connectivity index (χ4n) is 5.74. The van der Waals surface area contributed by atoms with Gasteiger partial charge in [-0.25, -0.2) is 22.9 Å². The molecule has 2 aliphatic heterocycles. The van der Waals surface area contributed by atoms with Crippen LogP contribution in [0.3, 0.4) is 0 Å². The van der Waals surface area contributed by atoms with Crippen LogP contribution in [0.1, 0.15) is 40.0 Å². The highest BCUT2D eigenvalue weighted by Gasteiger charge is 2.29. The minimum atomic E-state index is -4.26. The Morgan fingerprint density at radius 3 is 2.29 bits per heavy atom. The number of aryl methyl sites for hydroxylation is 2. The van der Waals surface area contributed by atoms with E-state index in [0.29, 0.717) is 43.3 Å². The summed E-state index contributed by atoms with van der Waals surface area (Å²) in [6.07, 6.45) is 1.72. The van der Waals surface area contributed by atoms with E-state index in [-0.39, 0.29) is 17.6 Å². The Labute approximate surface area is 245 Å². The molecule has 2 saturated heterocycles. The van der Waals surface area contributed by atoms with E-state index in [4.69, 9.17) is 10.1 Å². The molecule has 2 aromatic carbocycles. The monoisotopic (exact) mass is 591 g/mol. The number of sulfonamides is 1. The van der Waals surface area contributed by atoms with Gasteiger partial charge in [-0.15, -0.1) is 0 Å². The topological polar surface area (TPSA) is 136 Å². The number of halogens is 1. The molecule has 0 saturated carbocycles. The van der Waals surface area contributed by atoms with Gasteiger partial charge in [0.1, 0.15) is 28.3 Å². The largest absolute Gasteiger partial charge is 0.370 e. The van der Waals surface area contributed by atoms with Gasteiger partial charge in [0.25, 0.3) is 5.91 Å². The minimum absolute atomic E-state index is 0.176. The lowest BCUT2D eigenvalue weighted by atomic mass is 10.0. The summed E-state index contributed by atoms with van der Waals surface area (Å²) in [5, 5.41) is 18.3. The molecule has 2 fully saturated rings. The van der Waals surface area contributed by atoms with Gasteiger partial charge >= 0.3 is 0 Å². The maximum atomic E-state index is 14.4. The number of benzene rings is 2. The number of carbonyl (C=O) groups excluding carboxylic acids is 1. The number of para-hydroxylation sites is 1. The molecule has 0 spiro atoms. The molecule has 0 aliphatic carbocycles. The lowest BCUT2D eigenvalue weighted by molar-refractivity contribution is 0.0740. The van der Waals surface area contributed by atoms with E-state index in [1.54, 1.807) is 9.80 Å². The van der Waals surface area contributed by atoms with Gasteiger partial charge in [0.15, 0.2) is 0 Å². The number of amides is 1. The smallest absolute Gasteiger partial charge is 0.272 e. The molecule has 1 amide bonds. The van der Waals surface area contributed by atoms with Gasteiger partial charge in [0, 0.05) is 45.3 Å². The van der Waals surface area contributed by atoms with Crippen LogP contribution in [0.5, 0.6) is 0 Å². The number of piperazine rings is 1. The van der Waals surface area contributed by atoms with Crippen LogP contribution in [0.25, 0.3) is 0 Å². The number of piperidine rings is 1. The fourth-order valence-corrected chi connectivity index (χ4v) is 6.57. The second kappa shape index (κ2) is 12.0. The number of aromatic nitrogens is 1. The van der Waals surface area contributed by atoms with Gasteiger partial charge in [-0.3, -0.25) is 4.79 Å². The molecule has 3 aromatic rings. The Kier molecular flexibility index (Phi) is 8.34. The van der Waals surface area contributed by atoms with Crippen molar-refractivity contribution in [3.8, 4) is 6.07 Å². The average molecular weight is 592 g/mol. The van der Waals surface area contributed by atoms with Crippen LogP contribution in [0, 0.1) is 31.0 Å². The first-order valence-electron chi connectivity index (χ1n) is 13.9. The number of nitrogens with one attached hydrogen (secondary N) is 1. The van der Waals surface area contributed by atoms with Gasteiger partial charge in [0.05, 0.1) is 16.9 Å². The SMILES string of the molecule is Cc1cc(C)c(C(=O)N2CCN(c3cccc(F)c3S(N)(=O)=O)CC2)nc1NC1CCN(c2ccccc2C#N)CC1. The molecule has 5 rings (SSSR count). The summed E-state index contributed by atoms with van der Waals surface area (Å²) < 4.78 is 38.4. The predicted molar refractivity (Wildman–Crippen MR) is 160 cm³/mol. The van der Waals surface area contributed by atoms with Crippen molar-refractivity contribution in [1.82, 2.24) is 9.88 Å². The molecule has 0 bridgehead atoms. The highest BCUT2D eigenvalue weighted by Crippen LogP contribution is 2.29. The van der Waals surface area contributed by atoms with Crippen LogP contribution in [0.2, 0.25) is 0 Å². The molecule has 0 atom stereocenters. The molecule has 1 aromatic heterocycles. The summed E-state index contributed by atoms with van der Waals surface area (Å²) in [7, 11) is -4.26. The lowest BCUT2D eigenvalue weighted by Gasteiger charge is -2.37. The van der Waals surface area contributed by atoms with E-state index in [0.717, 1.165) is 48.8 Å². The molecule has 220 valence electrons. The van der Waals surface area contributed by atoms with E-state index < -0.39 is 20.7 Å². The molecular weight excluding hydrogens is 557 g/mol. The van der Waals surface area contributed by atoms with Gasteiger partial charge in [-0.1, -0.05) is 24.3 Å². The number of hydrogen-bond donors (Lipinski definition) is 2. The van der Waals surface area contributed by atoms with Crippen molar-refractivity contribution in [2.75, 3.05) is 54.4 Å². The van der Waals surface area contributed by atoms with Crippen molar-refractivity contribution in [2.24, 2.45) is 5.14 Å². The minimum Gasteiger partial charge on any atom is -0.370 e. The molecular formula is C30H34FN7O3S. The molecule has 3 heterocycles. The summed E-state index contributed by atoms with van der Waals surface area (Å²) in [4.78, 5) is 23.5. The van der Waals surface area contributed by atoms with Crippen molar-refractivity contribution in [1.29, 1.82) is 5.26 Å². The molecule has 10 nitrogen and oxygen atoms in total. The van der Waals surface area contributed by atoms with Gasteiger partial charge in [-0.05, 0) is 62.1 Å². The van der Waals surface area contributed by atoms with Crippen LogP contribution in [0.15, 0.2) is 53.4 Å². The van der Waals surface area contributed by atoms with E-state index in [2.05, 4.69) is 16.3 Å². The first-order chi connectivity index (χ1) is 20.1. The predicted octanol–water partition coefficient (Wildman–Crippen LogP) is 3.40. The second-order valence-corrected chi connectivity index (χ2v) is 12.3. The number of rotatable bonds is 6. The van der Waals surface area contributed by atoms with Crippen molar-refractivity contribution < 1.29 is 17.6 Å². The Balaban J connectivity index is 1.25. The summed E-state index contributed by atoms with van der Waals surface area (Å²) in [6.45, 7) is 6.72. The number of primary sulfonamides is 1. The Hall–Kier alpha value is -4.21. The average Bonchev–Trinajstić information content (AvgIpc) is 2.98. The Morgan fingerprint density at radius 1 is 0.976 bits per heavy atom. The first kappa shape index (κ1) is 29.3. The van der Waals surface area contributed by atoms with Crippen molar-refractivity contribution >= 4 is 33.1 Å². The van der Waals surface area contributed by atoms with Crippen molar-refractivity contribution in [3.63, 3.8) is 0 Å². The van der Waals surface area contributed by atoms with E-state index in [9.17, 15) is 22.9 Å². The van der Waals surface area contributed by atoms with E-state index in [1.165, 1.54) is 12.1 Å². The molecule has 2 aliphatic rings. The summed E-state index contributed by atoms with van der Waals surface area (Å²) in [5.41, 5.74) is 3.91. The van der Waals surface area contributed by atoms with Crippen LogP contribution < -0.4 is 20.3 Å². The maximum Gasteiger partial charge on any atom is 0.272 e. The molecule has 3 N–H and O–H groups in total. The third-order valence-corrected chi connectivity index (χ3v) is 8.92. The zero-order valence-corrected chi connectivity index (χ0v) is 24.5. The Morgan fingerprint density at radius 2 is 1.62 bits per heavy atom. The van der Waals surface area contributed by atoms with Crippen molar-refractivity contribution in [2.45, 2.75) is 37.6 Å². The first-order valence-corrected chi connectivity index (χ1v) is 15.5. The summed E-state index contributed by atoms with van der Waals surface area (Å²) in [5.74, 6) is -0.425. The third kappa shape index (κ3) is 6.03. The quantitative estimate of drug-likeness (QED) is 0.445. The second-order valence-electron chi connectivity index (χ2n) is 10.8. The molecule has 0 radical (unpaired) electrons.